The maximum absolute atomic E-state index is 12.9. The molecule has 0 unspecified atom stereocenters. The van der Waals surface area contributed by atoms with E-state index < -0.39 is 140 Å². The Bertz CT molecular complexity index is 2160. The zero-order valence-electron chi connectivity index (χ0n) is 47.6. The third-order valence-corrected chi connectivity index (χ3v) is 12.0. The smallest absolute Gasteiger partial charge is 0.370 e. The summed E-state index contributed by atoms with van der Waals surface area (Å²) in [7, 11) is 3.48. The molecule has 0 radical (unpaired) electrons. The maximum atomic E-state index is 12.9. The lowest BCUT2D eigenvalue weighted by atomic mass is 9.91. The number of amides is 3. The van der Waals surface area contributed by atoms with Gasteiger partial charge < -0.3 is 132 Å². The minimum absolute atomic E-state index is 0.129. The van der Waals surface area contributed by atoms with Crippen LogP contribution in [-0.2, 0) is 71.3 Å². The molecule has 0 saturated heterocycles. The number of aliphatic imine (C=N–C) groups is 1. The van der Waals surface area contributed by atoms with E-state index in [1.807, 2.05) is 16.8 Å². The largest absolute Gasteiger partial charge is 0.479 e. The lowest BCUT2D eigenvalue weighted by Gasteiger charge is -2.41. The molecule has 2 aliphatic rings. The molecule has 2 aliphatic heterocycles. The highest BCUT2D eigenvalue weighted by molar-refractivity contribution is 5.86. The molecule has 0 bridgehead atoms. The molecule has 2 heterocycles. The first kappa shape index (κ1) is 73.4. The Morgan fingerprint density at radius 3 is 1.57 bits per heavy atom. The number of carbonyl (C=O) groups is 5. The molecule has 19 N–H and O–H groups in total. The summed E-state index contributed by atoms with van der Waals surface area (Å²) >= 11 is 0. The predicted octanol–water partition coefficient (Wildman–Crippen LogP) is -7.30. The first-order valence-corrected chi connectivity index (χ1v) is 26.8. The molecule has 0 aliphatic carbocycles. The number of guanidine groups is 3. The van der Waals surface area contributed by atoms with Crippen LogP contribution in [0.15, 0.2) is 28.7 Å². The van der Waals surface area contributed by atoms with E-state index in [-0.39, 0.29) is 46.1 Å². The van der Waals surface area contributed by atoms with Crippen LogP contribution in [0.5, 0.6) is 0 Å². The lowest BCUT2D eigenvalue weighted by Crippen LogP contribution is -2.64. The number of carboxylic acid groups (broad SMARTS) is 2. The number of hydrogen-bond donors (Lipinski definition) is 16. The van der Waals surface area contributed by atoms with Crippen LogP contribution in [0, 0.1) is 23.2 Å². The molecule has 0 fully saturated rings. The molecule has 3 amide bonds. The minimum atomic E-state index is -1.71. The molecule has 0 aromatic heterocycles. The van der Waals surface area contributed by atoms with Crippen molar-refractivity contribution in [3.8, 4) is 12.3 Å². The quantitative estimate of drug-likeness (QED) is 0.0117. The summed E-state index contributed by atoms with van der Waals surface area (Å²) in [6, 6.07) is -4.46. The summed E-state index contributed by atoms with van der Waals surface area (Å²) in [5, 5.41) is 88.2. The summed E-state index contributed by atoms with van der Waals surface area (Å²) in [6.07, 6.45) is -1.20. The van der Waals surface area contributed by atoms with Gasteiger partial charge in [-0.15, -0.1) is 6.42 Å². The Morgan fingerprint density at radius 1 is 0.690 bits per heavy atom. The highest BCUT2D eigenvalue weighted by Gasteiger charge is 2.46. The van der Waals surface area contributed by atoms with Gasteiger partial charge in [0, 0.05) is 67.0 Å². The molecule has 84 heavy (non-hydrogen) atoms. The van der Waals surface area contributed by atoms with Gasteiger partial charge in [-0.25, -0.2) is 9.59 Å². The van der Waals surface area contributed by atoms with Gasteiger partial charge in [-0.2, -0.15) is 0 Å². The Hall–Kier alpha value is -6.72. The molecule has 478 valence electrons. The molecule has 10 atom stereocenters. The van der Waals surface area contributed by atoms with Crippen LogP contribution in [0.3, 0.4) is 0 Å². The molecule has 0 aromatic rings. The average molecular weight is 1210 g/mol. The number of nitrogens with two attached hydrogens (primary N) is 3. The number of nitrogens with zero attached hydrogens (tertiary/aromatic N) is 3. The number of hydrogen-bond acceptors (Lipinski definition) is 23. The van der Waals surface area contributed by atoms with E-state index in [0.717, 1.165) is 12.2 Å². The number of aliphatic hydroxyl groups excluding tert-OH is 4. The van der Waals surface area contributed by atoms with Gasteiger partial charge in [0.25, 0.3) is 0 Å². The first-order chi connectivity index (χ1) is 40.2. The molecule has 34 heteroatoms. The molecule has 34 nitrogen and oxygen atoms in total. The van der Waals surface area contributed by atoms with Gasteiger partial charge in [0.2, 0.25) is 29.2 Å². The lowest BCUT2D eigenvalue weighted by molar-refractivity contribution is -0.159. The van der Waals surface area contributed by atoms with E-state index in [4.69, 9.17) is 81.8 Å². The van der Waals surface area contributed by atoms with Crippen molar-refractivity contribution in [2.45, 2.75) is 80.6 Å². The van der Waals surface area contributed by atoms with Crippen LogP contribution in [0.2, 0.25) is 0 Å². The van der Waals surface area contributed by atoms with E-state index in [1.54, 1.807) is 7.05 Å². The Morgan fingerprint density at radius 2 is 1.12 bits per heavy atom. The molecule has 0 aromatic carbocycles. The van der Waals surface area contributed by atoms with E-state index in [0.29, 0.717) is 84.7 Å². The second-order valence-corrected chi connectivity index (χ2v) is 18.5. The van der Waals surface area contributed by atoms with E-state index >= 15 is 0 Å². The normalized spacial score (nSPS) is 20.0. The number of terminal acetylenes is 1. The zero-order chi connectivity index (χ0) is 62.4. The molecular weight excluding hydrogens is 1120 g/mol. The van der Waals surface area contributed by atoms with Crippen LogP contribution >= 0.6 is 0 Å². The van der Waals surface area contributed by atoms with Gasteiger partial charge in [-0.05, 0) is 25.0 Å². The fourth-order valence-electron chi connectivity index (χ4n) is 8.13. The van der Waals surface area contributed by atoms with Gasteiger partial charge >= 0.3 is 11.9 Å². The van der Waals surface area contributed by atoms with Crippen LogP contribution in [-0.4, -0.2) is 301 Å². The Kier molecular flexibility index (Phi) is 36.8. The molecule has 0 saturated carbocycles. The van der Waals surface area contributed by atoms with Crippen molar-refractivity contribution in [3.05, 3.63) is 23.7 Å². The summed E-state index contributed by atoms with van der Waals surface area (Å²) in [6.45, 7) is 3.29. The SMILES string of the molecule is C#CCOCCOCCOCCOCCN(C)/C(=N/C)N(CCOCCCNC(=O)CO[C@@H]([C@@H]1OC(C(=O)O)=C[C@H](NC(=N)N)[C@H]1N)[C@H](O)CO)CCOCCCNC(=O)CO[C@@H]([C@@H]1OC(C(=O)O)=C[C@H](NC(=N)N)[C@H]1NC(C)=O)[C@H](O)CO. The number of nitrogens with one attached hydrogen (secondary N) is 7. The van der Waals surface area contributed by atoms with Crippen LogP contribution in [0.1, 0.15) is 19.8 Å². The van der Waals surface area contributed by atoms with Crippen molar-refractivity contribution in [3.63, 3.8) is 0 Å². The van der Waals surface area contributed by atoms with Crippen LogP contribution in [0.4, 0.5) is 0 Å². The summed E-state index contributed by atoms with van der Waals surface area (Å²) in [5.41, 5.74) is 17.2. The van der Waals surface area contributed by atoms with Crippen molar-refractivity contribution in [2.75, 3.05) is 153 Å². The first-order valence-electron chi connectivity index (χ1n) is 26.8. The summed E-state index contributed by atoms with van der Waals surface area (Å²) in [4.78, 5) is 70.0. The highest BCUT2D eigenvalue weighted by atomic mass is 16.6. The van der Waals surface area contributed by atoms with Crippen molar-refractivity contribution in [1.82, 2.24) is 36.4 Å². The third kappa shape index (κ3) is 28.7. The van der Waals surface area contributed by atoms with Crippen LogP contribution < -0.4 is 43.8 Å². The number of rotatable bonds is 44. The van der Waals surface area contributed by atoms with E-state index in [9.17, 15) is 54.6 Å². The highest BCUT2D eigenvalue weighted by Crippen LogP contribution is 2.26. The van der Waals surface area contributed by atoms with Gasteiger partial charge in [0.15, 0.2) is 24.0 Å². The maximum Gasteiger partial charge on any atom is 0.370 e. The Labute approximate surface area is 486 Å². The van der Waals surface area contributed by atoms with E-state index in [1.165, 1.54) is 6.92 Å². The van der Waals surface area contributed by atoms with Gasteiger partial charge in [0.05, 0.1) is 96.8 Å². The van der Waals surface area contributed by atoms with Crippen LogP contribution in [0.25, 0.3) is 0 Å². The summed E-state index contributed by atoms with van der Waals surface area (Å²) in [5.74, 6) is -4.14. The monoisotopic (exact) mass is 1210 g/mol. The Balaban J connectivity index is 1.95. The standard InChI is InChI=1S/C50H87N13O21/c1-5-13-75-19-21-79-23-24-80-22-20-78-16-10-62(4)50(56-3)63(11-17-76-14-6-8-57-38(69)29-81-42(34(67)27-64)44-40(51)32(60-48(52)53)25-36(83-44)46(71)72)12-18-77-15-7-9-58-39(70)30-82-43(35(68)28-65)45-41(59-31(2)66)33(61-49(54)55)26-37(84-45)47(73)74/h1,25-26,32-35,40-45,64-65,67-68H,6-24,27-30,51H2,2-4H3,(H,57,69)(H,58,70)(H,59,66)(H,71,72)(H,73,74)(H4,52,53,60)(H4,54,55,61)/b56-50-/t32-,33-,34+,35+,40+,41+,42+,43+,44+,45+/m0/s1. The van der Waals surface area contributed by atoms with Crippen molar-refractivity contribution in [2.24, 2.45) is 22.2 Å². The number of carboxylic acids is 2. The van der Waals surface area contributed by atoms with Crippen molar-refractivity contribution >= 4 is 47.5 Å². The number of likely N-dealkylation sites (N-methyl/N-ethyl adjacent to an activating group) is 1. The molecular formula is C50H87N13O21. The number of aliphatic carboxylic acids is 2. The topological polar surface area (TPSA) is 504 Å². The van der Waals surface area contributed by atoms with Crippen molar-refractivity contribution in [1.29, 1.82) is 10.8 Å². The zero-order valence-corrected chi connectivity index (χ0v) is 47.6. The average Bonchev–Trinajstić information content (AvgIpc) is 2.15. The molecule has 0 spiro atoms. The third-order valence-electron chi connectivity index (χ3n) is 12.0. The van der Waals surface area contributed by atoms with Crippen molar-refractivity contribution < 1.29 is 102 Å². The fraction of sp³-hybridized carbons (Fsp3) is 0.720. The van der Waals surface area contributed by atoms with Gasteiger partial charge in [-0.1, -0.05) is 5.92 Å². The fourth-order valence-corrected chi connectivity index (χ4v) is 8.13. The number of ether oxygens (including phenoxy) is 10. The molecule has 2 rings (SSSR count). The second kappa shape index (κ2) is 42.1. The van der Waals surface area contributed by atoms with Gasteiger partial charge in [-0.3, -0.25) is 30.2 Å². The van der Waals surface area contributed by atoms with E-state index in [2.05, 4.69) is 37.5 Å². The number of aliphatic hydroxyl groups is 4. The minimum Gasteiger partial charge on any atom is -0.479 e. The summed E-state index contributed by atoms with van der Waals surface area (Å²) < 4.78 is 56.1. The second-order valence-electron chi connectivity index (χ2n) is 18.5. The predicted molar refractivity (Wildman–Crippen MR) is 297 cm³/mol. The van der Waals surface area contributed by atoms with Gasteiger partial charge in [0.1, 0.15) is 50.3 Å². The number of carbonyl (C=O) groups excluding carboxylic acids is 3.